The van der Waals surface area contributed by atoms with E-state index in [0.717, 1.165) is 41.4 Å². The van der Waals surface area contributed by atoms with Gasteiger partial charge in [-0.1, -0.05) is 60.7 Å². The number of nitrogen functional groups attached to an aromatic ring is 1. The number of rotatable bonds is 6. The van der Waals surface area contributed by atoms with Crippen LogP contribution in [-0.4, -0.2) is 20.3 Å². The second-order valence-corrected chi connectivity index (χ2v) is 7.45. The number of anilines is 1. The Morgan fingerprint density at radius 2 is 1.57 bits per heavy atom. The molecular formula is C24H26N4. The molecule has 2 aromatic heterocycles. The maximum Gasteiger partial charge on any atom is 0.137 e. The van der Waals surface area contributed by atoms with Crippen LogP contribution in [0, 0.1) is 0 Å². The number of nitrogens with two attached hydrogens (primary N) is 1. The molecule has 4 rings (SSSR count). The number of benzene rings is 2. The van der Waals surface area contributed by atoms with E-state index in [4.69, 9.17) is 10.7 Å². The quantitative estimate of drug-likeness (QED) is 0.520. The lowest BCUT2D eigenvalue weighted by atomic mass is 10.1. The lowest BCUT2D eigenvalue weighted by Gasteiger charge is -2.27. The van der Waals surface area contributed by atoms with Crippen molar-refractivity contribution in [2.75, 3.05) is 5.73 Å². The van der Waals surface area contributed by atoms with Crippen molar-refractivity contribution in [1.29, 1.82) is 0 Å². The number of imidazole rings is 1. The predicted octanol–water partition coefficient (Wildman–Crippen LogP) is 4.99. The van der Waals surface area contributed by atoms with E-state index < -0.39 is 0 Å². The molecule has 2 N–H and O–H groups in total. The average Bonchev–Trinajstić information content (AvgIpc) is 3.06. The molecule has 4 aromatic rings. The zero-order valence-corrected chi connectivity index (χ0v) is 16.4. The lowest BCUT2D eigenvalue weighted by molar-refractivity contribution is 0.201. The van der Waals surface area contributed by atoms with E-state index in [1.165, 1.54) is 5.56 Å². The molecule has 4 nitrogen and oxygen atoms in total. The zero-order chi connectivity index (χ0) is 19.5. The normalized spacial score (nSPS) is 11.6. The highest BCUT2D eigenvalue weighted by Crippen LogP contribution is 2.27. The van der Waals surface area contributed by atoms with Crippen LogP contribution in [-0.2, 0) is 13.1 Å². The molecule has 0 aliphatic carbocycles. The average molecular weight is 371 g/mol. The van der Waals surface area contributed by atoms with Crippen molar-refractivity contribution in [2.24, 2.45) is 0 Å². The predicted molar refractivity (Wildman–Crippen MR) is 116 cm³/mol. The molecule has 2 heterocycles. The molecule has 0 saturated heterocycles. The molecule has 0 atom stereocenters. The van der Waals surface area contributed by atoms with Gasteiger partial charge in [0.2, 0.25) is 0 Å². The SMILES string of the molecule is CC(C)N(Cc1ccccc1)Cc1c(-c2ccccc2)nc2ccc(N)cn12. The van der Waals surface area contributed by atoms with Gasteiger partial charge in [0.15, 0.2) is 0 Å². The highest BCUT2D eigenvalue weighted by molar-refractivity contribution is 5.67. The van der Waals surface area contributed by atoms with E-state index in [2.05, 4.69) is 77.7 Å². The maximum absolute atomic E-state index is 6.09. The number of fused-ring (bicyclic) bond motifs is 1. The van der Waals surface area contributed by atoms with Crippen LogP contribution in [0.15, 0.2) is 79.0 Å². The van der Waals surface area contributed by atoms with Gasteiger partial charge in [-0.05, 0) is 31.5 Å². The first kappa shape index (κ1) is 18.3. The van der Waals surface area contributed by atoms with Gasteiger partial charge in [-0.15, -0.1) is 0 Å². The van der Waals surface area contributed by atoms with Gasteiger partial charge in [-0.2, -0.15) is 0 Å². The van der Waals surface area contributed by atoms with Crippen molar-refractivity contribution in [3.63, 3.8) is 0 Å². The Balaban J connectivity index is 1.78. The van der Waals surface area contributed by atoms with Crippen molar-refractivity contribution in [3.8, 4) is 11.3 Å². The van der Waals surface area contributed by atoms with E-state index in [1.807, 2.05) is 24.4 Å². The van der Waals surface area contributed by atoms with Gasteiger partial charge in [0.1, 0.15) is 5.65 Å². The first-order chi connectivity index (χ1) is 13.6. The Labute approximate surface area is 166 Å². The van der Waals surface area contributed by atoms with Crippen LogP contribution in [0.4, 0.5) is 5.69 Å². The molecule has 0 bridgehead atoms. The van der Waals surface area contributed by atoms with E-state index in [1.54, 1.807) is 0 Å². The molecule has 0 spiro atoms. The van der Waals surface area contributed by atoms with Crippen LogP contribution in [0.1, 0.15) is 25.1 Å². The third-order valence-corrected chi connectivity index (χ3v) is 5.10. The van der Waals surface area contributed by atoms with Gasteiger partial charge in [0.05, 0.1) is 11.4 Å². The summed E-state index contributed by atoms with van der Waals surface area (Å²) < 4.78 is 2.14. The second-order valence-electron chi connectivity index (χ2n) is 7.45. The van der Waals surface area contributed by atoms with Gasteiger partial charge in [-0.3, -0.25) is 4.90 Å². The monoisotopic (exact) mass is 370 g/mol. The molecule has 0 aliphatic rings. The molecule has 2 aromatic carbocycles. The van der Waals surface area contributed by atoms with E-state index in [0.29, 0.717) is 6.04 Å². The zero-order valence-electron chi connectivity index (χ0n) is 16.4. The molecule has 0 saturated carbocycles. The summed E-state index contributed by atoms with van der Waals surface area (Å²) in [6.07, 6.45) is 1.98. The van der Waals surface area contributed by atoms with Crippen LogP contribution in [0.5, 0.6) is 0 Å². The minimum atomic E-state index is 0.399. The summed E-state index contributed by atoms with van der Waals surface area (Å²) in [7, 11) is 0. The van der Waals surface area contributed by atoms with Crippen LogP contribution in [0.25, 0.3) is 16.9 Å². The number of hydrogen-bond acceptors (Lipinski definition) is 3. The molecule has 28 heavy (non-hydrogen) atoms. The van der Waals surface area contributed by atoms with Crippen molar-refractivity contribution < 1.29 is 0 Å². The standard InChI is InChI=1S/C24H26N4/c1-18(2)27(15-19-9-5-3-6-10-19)17-22-24(20-11-7-4-8-12-20)26-23-14-13-21(25)16-28(22)23/h3-14,16,18H,15,17,25H2,1-2H3. The van der Waals surface area contributed by atoms with Crippen LogP contribution in [0.2, 0.25) is 0 Å². The number of aromatic nitrogens is 2. The van der Waals surface area contributed by atoms with Gasteiger partial charge >= 0.3 is 0 Å². The first-order valence-electron chi connectivity index (χ1n) is 9.71. The largest absolute Gasteiger partial charge is 0.398 e. The Morgan fingerprint density at radius 1 is 0.893 bits per heavy atom. The van der Waals surface area contributed by atoms with E-state index >= 15 is 0 Å². The summed E-state index contributed by atoms with van der Waals surface area (Å²) in [4.78, 5) is 7.39. The van der Waals surface area contributed by atoms with Crippen LogP contribution in [0.3, 0.4) is 0 Å². The number of pyridine rings is 1. The lowest BCUT2D eigenvalue weighted by Crippen LogP contribution is -2.30. The summed E-state index contributed by atoms with van der Waals surface area (Å²) in [5.41, 5.74) is 12.4. The summed E-state index contributed by atoms with van der Waals surface area (Å²) in [6.45, 7) is 6.16. The third-order valence-electron chi connectivity index (χ3n) is 5.10. The maximum atomic E-state index is 6.09. The number of hydrogen-bond donors (Lipinski definition) is 1. The summed E-state index contributed by atoms with van der Waals surface area (Å²) in [5, 5.41) is 0. The molecule has 0 aliphatic heterocycles. The minimum absolute atomic E-state index is 0.399. The molecule has 0 radical (unpaired) electrons. The van der Waals surface area contributed by atoms with Gasteiger partial charge in [0.25, 0.3) is 0 Å². The van der Waals surface area contributed by atoms with Crippen molar-refractivity contribution in [1.82, 2.24) is 14.3 Å². The van der Waals surface area contributed by atoms with E-state index in [-0.39, 0.29) is 0 Å². The highest BCUT2D eigenvalue weighted by Gasteiger charge is 2.19. The third kappa shape index (κ3) is 3.78. The highest BCUT2D eigenvalue weighted by atomic mass is 15.2. The van der Waals surface area contributed by atoms with Gasteiger partial charge in [0, 0.05) is 36.6 Å². The molecule has 0 amide bonds. The van der Waals surface area contributed by atoms with Crippen molar-refractivity contribution in [3.05, 3.63) is 90.3 Å². The van der Waals surface area contributed by atoms with Crippen molar-refractivity contribution in [2.45, 2.75) is 33.0 Å². The molecule has 0 fully saturated rings. The Morgan fingerprint density at radius 3 is 2.25 bits per heavy atom. The molecule has 142 valence electrons. The number of nitrogens with zero attached hydrogens (tertiary/aromatic N) is 3. The van der Waals surface area contributed by atoms with Crippen LogP contribution < -0.4 is 5.73 Å². The van der Waals surface area contributed by atoms with Gasteiger partial charge in [-0.25, -0.2) is 4.98 Å². The van der Waals surface area contributed by atoms with Crippen molar-refractivity contribution >= 4 is 11.3 Å². The summed E-state index contributed by atoms with van der Waals surface area (Å²) in [5.74, 6) is 0. The molecule has 0 unspecified atom stereocenters. The first-order valence-corrected chi connectivity index (χ1v) is 9.71. The fraction of sp³-hybridized carbons (Fsp3) is 0.208. The van der Waals surface area contributed by atoms with Gasteiger partial charge < -0.3 is 10.1 Å². The fourth-order valence-corrected chi connectivity index (χ4v) is 3.52. The Bertz CT molecular complexity index is 1050. The molecule has 4 heteroatoms. The minimum Gasteiger partial charge on any atom is -0.398 e. The second kappa shape index (κ2) is 7.87. The Kier molecular flexibility index (Phi) is 5.13. The van der Waals surface area contributed by atoms with Crippen LogP contribution >= 0.6 is 0 Å². The summed E-state index contributed by atoms with van der Waals surface area (Å²) >= 11 is 0. The topological polar surface area (TPSA) is 46.6 Å². The smallest absolute Gasteiger partial charge is 0.137 e. The summed E-state index contributed by atoms with van der Waals surface area (Å²) in [6, 6.07) is 25.3. The fourth-order valence-electron chi connectivity index (χ4n) is 3.52. The van der Waals surface area contributed by atoms with E-state index in [9.17, 15) is 0 Å². The Hall–Kier alpha value is -3.11. The molecular weight excluding hydrogens is 344 g/mol.